The smallest absolute Gasteiger partial charge is 0.0646 e. The highest BCUT2D eigenvalue weighted by atomic mass is 16.3. The Morgan fingerprint density at radius 2 is 1.95 bits per heavy atom. The molecule has 2 nitrogen and oxygen atoms in total. The third-order valence-electron chi connectivity index (χ3n) is 3.15. The molecule has 0 amide bonds. The largest absolute Gasteiger partial charge is 0.392 e. The van der Waals surface area contributed by atoms with E-state index in [-0.39, 0.29) is 6.10 Å². The van der Waals surface area contributed by atoms with Gasteiger partial charge in [-0.15, -0.1) is 0 Å². The molecule has 19 heavy (non-hydrogen) atoms. The van der Waals surface area contributed by atoms with E-state index in [2.05, 4.69) is 11.8 Å². The van der Waals surface area contributed by atoms with Crippen molar-refractivity contribution < 1.29 is 5.11 Å². The lowest BCUT2D eigenvalue weighted by Crippen LogP contribution is -2.01. The Kier molecular flexibility index (Phi) is 4.33. The predicted octanol–water partition coefficient (Wildman–Crippen LogP) is 3.35. The summed E-state index contributed by atoms with van der Waals surface area (Å²) in [6.07, 6.45) is 2.24. The van der Waals surface area contributed by atoms with Gasteiger partial charge < -0.3 is 10.5 Å². The summed E-state index contributed by atoms with van der Waals surface area (Å²) in [7, 11) is 0. The van der Waals surface area contributed by atoms with Gasteiger partial charge in [0.05, 0.1) is 6.10 Å². The summed E-state index contributed by atoms with van der Waals surface area (Å²) in [5.74, 6) is 6.14. The van der Waals surface area contributed by atoms with Crippen LogP contribution in [0, 0.1) is 17.3 Å². The summed E-state index contributed by atoms with van der Waals surface area (Å²) in [6.45, 7) is 1.95. The van der Waals surface area contributed by atoms with Crippen LogP contribution in [-0.4, -0.2) is 17.4 Å². The first-order valence-electron chi connectivity index (χ1n) is 6.45. The van der Waals surface area contributed by atoms with Crippen molar-refractivity contribution in [3.05, 3.63) is 47.5 Å². The number of rotatable bonds is 3. The van der Waals surface area contributed by atoms with Crippen LogP contribution in [0.2, 0.25) is 0 Å². The van der Waals surface area contributed by atoms with Crippen molar-refractivity contribution in [2.24, 2.45) is 0 Å². The molecule has 1 unspecified atom stereocenters. The van der Waals surface area contributed by atoms with Crippen molar-refractivity contribution in [2.45, 2.75) is 25.9 Å². The molecule has 0 saturated heterocycles. The third kappa shape index (κ3) is 3.01. The molecule has 0 aliphatic heterocycles. The SMILES string of the molecule is CCC(O)CC#Cc1ccc(C=N)c2ccccc12. The van der Waals surface area contributed by atoms with E-state index in [1.807, 2.05) is 43.3 Å². The van der Waals surface area contributed by atoms with Crippen LogP contribution in [-0.2, 0) is 0 Å². The summed E-state index contributed by atoms with van der Waals surface area (Å²) >= 11 is 0. The number of nitrogens with one attached hydrogen (secondary N) is 1. The highest BCUT2D eigenvalue weighted by Gasteiger charge is 2.02. The number of aliphatic hydroxyl groups is 1. The van der Waals surface area contributed by atoms with Crippen LogP contribution in [0.3, 0.4) is 0 Å². The fourth-order valence-electron chi connectivity index (χ4n) is 1.97. The second-order valence-corrected chi connectivity index (χ2v) is 4.46. The minimum Gasteiger partial charge on any atom is -0.392 e. The van der Waals surface area contributed by atoms with Gasteiger partial charge in [0.2, 0.25) is 0 Å². The molecule has 0 saturated carbocycles. The molecule has 0 aromatic heterocycles. The lowest BCUT2D eigenvalue weighted by molar-refractivity contribution is 0.176. The normalized spacial score (nSPS) is 11.7. The predicted molar refractivity (Wildman–Crippen MR) is 79.6 cm³/mol. The summed E-state index contributed by atoms with van der Waals surface area (Å²) < 4.78 is 0. The average molecular weight is 251 g/mol. The Hall–Kier alpha value is -2.11. The second kappa shape index (κ2) is 6.17. The maximum absolute atomic E-state index is 9.50. The van der Waals surface area contributed by atoms with Gasteiger partial charge in [0, 0.05) is 18.2 Å². The van der Waals surface area contributed by atoms with Gasteiger partial charge in [-0.2, -0.15) is 0 Å². The maximum Gasteiger partial charge on any atom is 0.0646 e. The van der Waals surface area contributed by atoms with E-state index in [0.29, 0.717) is 6.42 Å². The molecule has 2 N–H and O–H groups in total. The summed E-state index contributed by atoms with van der Waals surface area (Å²) in [6, 6.07) is 11.8. The zero-order valence-electron chi connectivity index (χ0n) is 11.0. The van der Waals surface area contributed by atoms with Gasteiger partial charge in [-0.05, 0) is 28.8 Å². The van der Waals surface area contributed by atoms with Gasteiger partial charge in [0.15, 0.2) is 0 Å². The fourth-order valence-corrected chi connectivity index (χ4v) is 1.97. The minimum absolute atomic E-state index is 0.348. The van der Waals surface area contributed by atoms with E-state index >= 15 is 0 Å². The quantitative estimate of drug-likeness (QED) is 0.637. The van der Waals surface area contributed by atoms with Gasteiger partial charge in [0.1, 0.15) is 0 Å². The molecular formula is C17H17NO. The molecule has 0 heterocycles. The number of benzene rings is 2. The van der Waals surface area contributed by atoms with Crippen LogP contribution in [0.25, 0.3) is 10.8 Å². The highest BCUT2D eigenvalue weighted by Crippen LogP contribution is 2.21. The first-order valence-corrected chi connectivity index (χ1v) is 6.45. The van der Waals surface area contributed by atoms with Crippen LogP contribution in [0.4, 0.5) is 0 Å². The number of hydrogen-bond acceptors (Lipinski definition) is 2. The van der Waals surface area contributed by atoms with Crippen LogP contribution in [0.15, 0.2) is 36.4 Å². The van der Waals surface area contributed by atoms with E-state index in [9.17, 15) is 5.11 Å². The number of hydrogen-bond donors (Lipinski definition) is 2. The first-order chi connectivity index (χ1) is 9.26. The Bertz CT molecular complexity index is 649. The number of fused-ring (bicyclic) bond motifs is 1. The fraction of sp³-hybridized carbons (Fsp3) is 0.235. The molecule has 0 aliphatic rings. The molecule has 2 heteroatoms. The number of aliphatic hydroxyl groups excluding tert-OH is 1. The monoisotopic (exact) mass is 251 g/mol. The molecule has 96 valence electrons. The zero-order chi connectivity index (χ0) is 13.7. The van der Waals surface area contributed by atoms with E-state index in [1.165, 1.54) is 6.21 Å². The van der Waals surface area contributed by atoms with Crippen molar-refractivity contribution in [1.82, 2.24) is 0 Å². The van der Waals surface area contributed by atoms with Gasteiger partial charge >= 0.3 is 0 Å². The molecule has 2 aromatic rings. The van der Waals surface area contributed by atoms with Crippen molar-refractivity contribution in [3.8, 4) is 11.8 Å². The molecule has 0 bridgehead atoms. The van der Waals surface area contributed by atoms with Gasteiger partial charge in [-0.3, -0.25) is 0 Å². The van der Waals surface area contributed by atoms with E-state index in [1.54, 1.807) is 0 Å². The standard InChI is InChI=1S/C17H17NO/c1-2-15(19)7-5-6-13-10-11-14(12-18)17-9-4-3-8-16(13)17/h3-4,8-12,15,18-19H,2,7H2,1H3. The van der Waals surface area contributed by atoms with Gasteiger partial charge in [-0.25, -0.2) is 0 Å². The molecule has 0 radical (unpaired) electrons. The van der Waals surface area contributed by atoms with E-state index in [0.717, 1.165) is 28.3 Å². The highest BCUT2D eigenvalue weighted by molar-refractivity contribution is 6.01. The average Bonchev–Trinajstić information content (AvgIpc) is 2.47. The molecule has 2 rings (SSSR count). The zero-order valence-corrected chi connectivity index (χ0v) is 11.0. The lowest BCUT2D eigenvalue weighted by atomic mass is 10.00. The van der Waals surface area contributed by atoms with Gasteiger partial charge in [-0.1, -0.05) is 49.1 Å². The van der Waals surface area contributed by atoms with Gasteiger partial charge in [0.25, 0.3) is 0 Å². The van der Waals surface area contributed by atoms with Crippen molar-refractivity contribution in [3.63, 3.8) is 0 Å². The first kappa shape index (κ1) is 13.3. The summed E-state index contributed by atoms with van der Waals surface area (Å²) in [5, 5.41) is 19.0. The van der Waals surface area contributed by atoms with Crippen molar-refractivity contribution >= 4 is 17.0 Å². The molecule has 0 fully saturated rings. The molecule has 0 aliphatic carbocycles. The molecule has 1 atom stereocenters. The lowest BCUT2D eigenvalue weighted by Gasteiger charge is -2.04. The van der Waals surface area contributed by atoms with Crippen LogP contribution in [0.1, 0.15) is 30.9 Å². The van der Waals surface area contributed by atoms with Crippen molar-refractivity contribution in [1.29, 1.82) is 5.41 Å². The van der Waals surface area contributed by atoms with E-state index in [4.69, 9.17) is 5.41 Å². The minimum atomic E-state index is -0.348. The Morgan fingerprint density at radius 3 is 2.63 bits per heavy atom. The third-order valence-corrected chi connectivity index (χ3v) is 3.15. The Balaban J connectivity index is 2.42. The molecule has 0 spiro atoms. The van der Waals surface area contributed by atoms with Crippen LogP contribution in [0.5, 0.6) is 0 Å². The summed E-state index contributed by atoms with van der Waals surface area (Å²) in [4.78, 5) is 0. The van der Waals surface area contributed by atoms with Crippen LogP contribution < -0.4 is 0 Å². The maximum atomic E-state index is 9.50. The summed E-state index contributed by atoms with van der Waals surface area (Å²) in [5.41, 5.74) is 1.85. The van der Waals surface area contributed by atoms with Crippen molar-refractivity contribution in [2.75, 3.05) is 0 Å². The Labute approximate surface area is 113 Å². The Morgan fingerprint density at radius 1 is 1.21 bits per heavy atom. The van der Waals surface area contributed by atoms with Crippen LogP contribution >= 0.6 is 0 Å². The second-order valence-electron chi connectivity index (χ2n) is 4.46. The topological polar surface area (TPSA) is 44.1 Å². The van der Waals surface area contributed by atoms with E-state index < -0.39 is 0 Å². The molecular weight excluding hydrogens is 234 g/mol. The molecule has 2 aromatic carbocycles.